The van der Waals surface area contributed by atoms with Crippen molar-refractivity contribution < 1.29 is 23.8 Å². The fourth-order valence-corrected chi connectivity index (χ4v) is 2.70. The molecule has 8 nitrogen and oxygen atoms in total. The second kappa shape index (κ2) is 10.5. The van der Waals surface area contributed by atoms with Crippen LogP contribution in [0.2, 0.25) is 5.02 Å². The average Bonchev–Trinajstić information content (AvgIpc) is 2.62. The molecule has 0 radical (unpaired) electrons. The van der Waals surface area contributed by atoms with Crippen molar-refractivity contribution in [3.8, 4) is 5.88 Å². The number of aromatic nitrogens is 1. The summed E-state index contributed by atoms with van der Waals surface area (Å²) in [6.07, 6.45) is 3.13. The molecule has 1 aromatic heterocycles. The van der Waals surface area contributed by atoms with Crippen molar-refractivity contribution in [1.82, 2.24) is 15.6 Å². The monoisotopic (exact) mass is 413 g/mol. The van der Waals surface area contributed by atoms with Gasteiger partial charge in [0.05, 0.1) is 18.8 Å². The zero-order valence-corrected chi connectivity index (χ0v) is 17.3. The predicted octanol–water partition coefficient (Wildman–Crippen LogP) is 2.94. The molecule has 0 saturated carbocycles. The van der Waals surface area contributed by atoms with Crippen molar-refractivity contribution in [2.24, 2.45) is 0 Å². The van der Waals surface area contributed by atoms with Gasteiger partial charge in [0.2, 0.25) is 5.88 Å². The lowest BCUT2D eigenvalue weighted by Gasteiger charge is -2.23. The molecule has 2 amide bonds. The second-order valence-electron chi connectivity index (χ2n) is 7.48. The van der Waals surface area contributed by atoms with Crippen molar-refractivity contribution >= 4 is 23.6 Å². The molecule has 156 valence electrons. The summed E-state index contributed by atoms with van der Waals surface area (Å²) in [4.78, 5) is 27.9. The lowest BCUT2D eigenvalue weighted by atomic mass is 10.1. The minimum absolute atomic E-state index is 0.0240. The summed E-state index contributed by atoms with van der Waals surface area (Å²) in [7, 11) is 0. The molecule has 0 spiro atoms. The van der Waals surface area contributed by atoms with Crippen LogP contribution in [-0.4, -0.2) is 55.0 Å². The molecule has 2 rings (SSSR count). The number of carbonyl (C=O) groups is 2. The van der Waals surface area contributed by atoms with Crippen LogP contribution in [0.3, 0.4) is 0 Å². The van der Waals surface area contributed by atoms with E-state index in [1.54, 1.807) is 20.8 Å². The molecule has 0 aliphatic carbocycles. The maximum Gasteiger partial charge on any atom is 0.407 e. The van der Waals surface area contributed by atoms with E-state index in [1.165, 1.54) is 12.3 Å². The third-order valence-electron chi connectivity index (χ3n) is 3.82. The van der Waals surface area contributed by atoms with Crippen LogP contribution in [0.15, 0.2) is 12.3 Å². The number of carbonyl (C=O) groups excluding carboxylic acids is 2. The SMILES string of the molecule is CC(C)(C)OC(=O)NCCCNC(=O)c1cnc(OC2CCOCC2)c(Cl)c1. The fraction of sp³-hybridized carbons (Fsp3) is 0.632. The molecule has 0 atom stereocenters. The summed E-state index contributed by atoms with van der Waals surface area (Å²) in [5, 5.41) is 5.70. The normalized spacial score (nSPS) is 15.0. The number of nitrogens with zero attached hydrogens (tertiary/aromatic N) is 1. The highest BCUT2D eigenvalue weighted by Gasteiger charge is 2.19. The molecule has 9 heteroatoms. The topological polar surface area (TPSA) is 98.8 Å². The van der Waals surface area contributed by atoms with Gasteiger partial charge in [-0.2, -0.15) is 0 Å². The van der Waals surface area contributed by atoms with Gasteiger partial charge in [-0.1, -0.05) is 11.6 Å². The summed E-state index contributed by atoms with van der Waals surface area (Å²) < 4.78 is 16.2. The summed E-state index contributed by atoms with van der Waals surface area (Å²) >= 11 is 6.20. The number of ether oxygens (including phenoxy) is 3. The first kappa shape index (κ1) is 22.2. The fourth-order valence-electron chi connectivity index (χ4n) is 2.48. The van der Waals surface area contributed by atoms with Crippen molar-refractivity contribution in [3.63, 3.8) is 0 Å². The van der Waals surface area contributed by atoms with E-state index in [2.05, 4.69) is 15.6 Å². The van der Waals surface area contributed by atoms with Crippen LogP contribution in [0.4, 0.5) is 4.79 Å². The van der Waals surface area contributed by atoms with Gasteiger partial charge in [-0.05, 0) is 33.3 Å². The standard InChI is InChI=1S/C19H28ClN3O5/c1-19(2,3)28-18(25)22-8-4-7-21-16(24)13-11-15(20)17(23-12-13)27-14-5-9-26-10-6-14/h11-12,14H,4-10H2,1-3H3,(H,21,24)(H,22,25). The summed E-state index contributed by atoms with van der Waals surface area (Å²) in [6, 6.07) is 1.54. The van der Waals surface area contributed by atoms with E-state index in [-0.39, 0.29) is 12.0 Å². The second-order valence-corrected chi connectivity index (χ2v) is 7.89. The van der Waals surface area contributed by atoms with Gasteiger partial charge < -0.3 is 24.8 Å². The van der Waals surface area contributed by atoms with E-state index in [1.807, 2.05) is 0 Å². The molecule has 1 aliphatic rings. The van der Waals surface area contributed by atoms with Crippen LogP contribution >= 0.6 is 11.6 Å². The lowest BCUT2D eigenvalue weighted by Crippen LogP contribution is -2.34. The predicted molar refractivity (Wildman–Crippen MR) is 105 cm³/mol. The van der Waals surface area contributed by atoms with E-state index in [9.17, 15) is 9.59 Å². The molecule has 1 saturated heterocycles. The van der Waals surface area contributed by atoms with Crippen molar-refractivity contribution in [2.45, 2.75) is 51.7 Å². The van der Waals surface area contributed by atoms with E-state index in [0.717, 1.165) is 12.8 Å². The van der Waals surface area contributed by atoms with Crippen molar-refractivity contribution in [1.29, 1.82) is 0 Å². The third kappa shape index (κ3) is 7.90. The average molecular weight is 414 g/mol. The Hall–Kier alpha value is -2.06. The maximum absolute atomic E-state index is 12.2. The molecule has 0 bridgehead atoms. The first-order chi connectivity index (χ1) is 13.2. The van der Waals surface area contributed by atoms with Crippen LogP contribution in [0, 0.1) is 0 Å². The van der Waals surface area contributed by atoms with Gasteiger partial charge in [-0.3, -0.25) is 4.79 Å². The number of hydrogen-bond donors (Lipinski definition) is 2. The van der Waals surface area contributed by atoms with Gasteiger partial charge in [-0.15, -0.1) is 0 Å². The smallest absolute Gasteiger partial charge is 0.407 e. The zero-order valence-electron chi connectivity index (χ0n) is 16.5. The number of rotatable bonds is 7. The number of amides is 2. The van der Waals surface area contributed by atoms with Crippen LogP contribution in [0.25, 0.3) is 0 Å². The molecule has 2 N–H and O–H groups in total. The Morgan fingerprint density at radius 3 is 2.57 bits per heavy atom. The van der Waals surface area contributed by atoms with Gasteiger partial charge in [0.15, 0.2) is 0 Å². The molecule has 1 aromatic rings. The summed E-state index contributed by atoms with van der Waals surface area (Å²) in [5.41, 5.74) is -0.185. The number of alkyl carbamates (subject to hydrolysis) is 1. The first-order valence-electron chi connectivity index (χ1n) is 9.39. The van der Waals surface area contributed by atoms with Crippen LogP contribution < -0.4 is 15.4 Å². The number of nitrogens with one attached hydrogen (secondary N) is 2. The van der Waals surface area contributed by atoms with E-state index in [0.29, 0.717) is 49.2 Å². The highest BCUT2D eigenvalue weighted by atomic mass is 35.5. The highest BCUT2D eigenvalue weighted by molar-refractivity contribution is 6.32. The first-order valence-corrected chi connectivity index (χ1v) is 9.77. The molecule has 28 heavy (non-hydrogen) atoms. The minimum Gasteiger partial charge on any atom is -0.473 e. The minimum atomic E-state index is -0.537. The third-order valence-corrected chi connectivity index (χ3v) is 4.09. The highest BCUT2D eigenvalue weighted by Crippen LogP contribution is 2.25. The van der Waals surface area contributed by atoms with Gasteiger partial charge in [0, 0.05) is 32.1 Å². The van der Waals surface area contributed by atoms with Gasteiger partial charge >= 0.3 is 6.09 Å². The number of halogens is 1. The zero-order chi connectivity index (χ0) is 20.6. The molecule has 1 fully saturated rings. The van der Waals surface area contributed by atoms with Gasteiger partial charge in [-0.25, -0.2) is 9.78 Å². The Balaban J connectivity index is 1.72. The molecular formula is C19H28ClN3O5. The Kier molecular flexibility index (Phi) is 8.32. The van der Waals surface area contributed by atoms with E-state index < -0.39 is 11.7 Å². The molecule has 0 unspecified atom stereocenters. The number of hydrogen-bond acceptors (Lipinski definition) is 6. The maximum atomic E-state index is 12.2. The Bertz CT molecular complexity index is 672. The summed E-state index contributed by atoms with van der Waals surface area (Å²) in [5.74, 6) is 0.0379. The van der Waals surface area contributed by atoms with E-state index in [4.69, 9.17) is 25.8 Å². The Labute approximate surface area is 170 Å². The molecule has 2 heterocycles. The molecule has 0 aromatic carbocycles. The van der Waals surface area contributed by atoms with Crippen LogP contribution in [0.1, 0.15) is 50.4 Å². The van der Waals surface area contributed by atoms with Crippen molar-refractivity contribution in [3.05, 3.63) is 22.8 Å². The number of pyridine rings is 1. The van der Waals surface area contributed by atoms with Crippen LogP contribution in [0.5, 0.6) is 5.88 Å². The van der Waals surface area contributed by atoms with Gasteiger partial charge in [0.25, 0.3) is 5.91 Å². The molecule has 1 aliphatic heterocycles. The summed E-state index contributed by atoms with van der Waals surface area (Å²) in [6.45, 7) is 7.50. The Morgan fingerprint density at radius 1 is 1.25 bits per heavy atom. The van der Waals surface area contributed by atoms with Gasteiger partial charge in [0.1, 0.15) is 16.7 Å². The van der Waals surface area contributed by atoms with Crippen LogP contribution in [-0.2, 0) is 9.47 Å². The Morgan fingerprint density at radius 2 is 1.93 bits per heavy atom. The van der Waals surface area contributed by atoms with Crippen molar-refractivity contribution in [2.75, 3.05) is 26.3 Å². The quantitative estimate of drug-likeness (QED) is 0.667. The lowest BCUT2D eigenvalue weighted by molar-refractivity contribution is 0.0237. The largest absolute Gasteiger partial charge is 0.473 e. The molecular weight excluding hydrogens is 386 g/mol. The van der Waals surface area contributed by atoms with E-state index >= 15 is 0 Å².